The van der Waals surface area contributed by atoms with Crippen molar-refractivity contribution >= 4 is 49.8 Å². The number of methoxy groups -OCH3 is 5. The maximum absolute atomic E-state index is 10.7. The minimum Gasteiger partial charge on any atom is -0.479 e. The van der Waals surface area contributed by atoms with Crippen LogP contribution in [-0.2, 0) is 22.6 Å². The lowest BCUT2D eigenvalue weighted by molar-refractivity contribution is -0.384. The van der Waals surface area contributed by atoms with E-state index >= 15 is 0 Å². The van der Waals surface area contributed by atoms with Crippen LogP contribution in [0.3, 0.4) is 0 Å². The van der Waals surface area contributed by atoms with E-state index in [4.69, 9.17) is 29.4 Å². The number of nitrogens with two attached hydrogens (primary N) is 1. The van der Waals surface area contributed by atoms with Crippen LogP contribution in [0.4, 0.5) is 17.1 Å². The van der Waals surface area contributed by atoms with Gasteiger partial charge in [0.1, 0.15) is 0 Å². The molecule has 6 rings (SSSR count). The summed E-state index contributed by atoms with van der Waals surface area (Å²) in [5.41, 5.74) is 9.00. The first-order chi connectivity index (χ1) is 23.1. The Labute approximate surface area is 273 Å². The van der Waals surface area contributed by atoms with E-state index in [1.807, 2.05) is 22.9 Å². The monoisotopic (exact) mass is 665 g/mol. The lowest BCUT2D eigenvalue weighted by Crippen LogP contribution is -2.05. The molecule has 0 aliphatic carbocycles. The first kappa shape index (κ1) is 34.9. The molecule has 3 aromatic heterocycles. The molecular formula is C30H35N9O9. The van der Waals surface area contributed by atoms with Gasteiger partial charge in [0, 0.05) is 44.2 Å². The number of nitrogens with zero attached hydrogens (tertiary/aromatic N) is 7. The van der Waals surface area contributed by atoms with Crippen molar-refractivity contribution in [2.75, 3.05) is 54.5 Å². The SMILES string of the molecule is COCCn1nc(OC)c2cc(N)ccc21.COCCn1nc(OC)c2cc([N+](=O)[O-])ccc21.COc1n[nH]c2ccc([N+](=O)[O-])cc12. The third-order valence-electron chi connectivity index (χ3n) is 6.97. The topological polar surface area (TPSA) is 223 Å². The molecule has 0 saturated carbocycles. The number of aromatic amines is 1. The molecule has 18 heteroatoms. The van der Waals surface area contributed by atoms with Gasteiger partial charge in [-0.3, -0.25) is 34.7 Å². The molecule has 0 unspecified atom stereocenters. The number of H-pyrrole nitrogens is 1. The fraction of sp³-hybridized carbons (Fsp3) is 0.300. The van der Waals surface area contributed by atoms with E-state index in [0.29, 0.717) is 65.9 Å². The number of non-ortho nitro benzene ring substituents is 2. The van der Waals surface area contributed by atoms with Crippen LogP contribution < -0.4 is 19.9 Å². The summed E-state index contributed by atoms with van der Waals surface area (Å²) in [5, 5.41) is 38.5. The number of fused-ring (bicyclic) bond motifs is 3. The van der Waals surface area contributed by atoms with Crippen LogP contribution in [0.15, 0.2) is 54.6 Å². The first-order valence-electron chi connectivity index (χ1n) is 14.3. The average Bonchev–Trinajstić information content (AvgIpc) is 3.78. The van der Waals surface area contributed by atoms with E-state index in [2.05, 4.69) is 20.4 Å². The molecule has 0 aliphatic heterocycles. The van der Waals surface area contributed by atoms with Crippen LogP contribution >= 0.6 is 0 Å². The number of rotatable bonds is 11. The second-order valence-corrected chi connectivity index (χ2v) is 9.91. The highest BCUT2D eigenvalue weighted by molar-refractivity contribution is 5.88. The molecule has 0 saturated heterocycles. The van der Waals surface area contributed by atoms with Gasteiger partial charge in [-0.2, -0.15) is 0 Å². The highest BCUT2D eigenvalue weighted by Gasteiger charge is 2.16. The van der Waals surface area contributed by atoms with E-state index < -0.39 is 9.85 Å². The Kier molecular flexibility index (Phi) is 11.6. The van der Waals surface area contributed by atoms with Crippen molar-refractivity contribution in [3.05, 3.63) is 74.8 Å². The van der Waals surface area contributed by atoms with Crippen LogP contribution in [0.1, 0.15) is 0 Å². The Morgan fingerprint density at radius 3 is 1.67 bits per heavy atom. The van der Waals surface area contributed by atoms with Crippen LogP contribution in [-0.4, -0.2) is 88.4 Å². The Morgan fingerprint density at radius 2 is 1.17 bits per heavy atom. The summed E-state index contributed by atoms with van der Waals surface area (Å²) in [7, 11) is 7.83. The predicted molar refractivity (Wildman–Crippen MR) is 177 cm³/mol. The fourth-order valence-electron chi connectivity index (χ4n) is 4.66. The quantitative estimate of drug-likeness (QED) is 0.112. The molecule has 0 amide bonds. The van der Waals surface area contributed by atoms with Crippen LogP contribution in [0.2, 0.25) is 0 Å². The van der Waals surface area contributed by atoms with Gasteiger partial charge in [-0.1, -0.05) is 0 Å². The van der Waals surface area contributed by atoms with Crippen molar-refractivity contribution in [2.45, 2.75) is 13.1 Å². The van der Waals surface area contributed by atoms with Gasteiger partial charge < -0.3 is 29.4 Å². The molecule has 3 aromatic carbocycles. The normalized spacial score (nSPS) is 10.7. The standard InChI is InChI=1S/C11H13N3O4.C11H15N3O2.C8H7N3O3/c1-17-6-5-13-10-4-3-8(14(15)16)7-9(10)11(12-13)18-2;1-15-6-5-14-10-4-3-8(12)7-9(10)11(13-14)16-2;1-14-8-6-4-5(11(12)13)2-3-7(6)9-10-8/h3-4,7H,5-6H2,1-2H3;3-4,7H,5-6,12H2,1-2H3;2-4H,1H3,(H,9,10). The maximum atomic E-state index is 10.7. The zero-order valence-electron chi connectivity index (χ0n) is 26.9. The van der Waals surface area contributed by atoms with Gasteiger partial charge in [-0.05, 0) is 30.3 Å². The highest BCUT2D eigenvalue weighted by Crippen LogP contribution is 2.29. The zero-order valence-corrected chi connectivity index (χ0v) is 26.9. The molecule has 3 heterocycles. The van der Waals surface area contributed by atoms with Crippen molar-refractivity contribution in [1.29, 1.82) is 0 Å². The van der Waals surface area contributed by atoms with Gasteiger partial charge in [0.05, 0.1) is 90.2 Å². The van der Waals surface area contributed by atoms with E-state index in [-0.39, 0.29) is 11.4 Å². The minimum atomic E-state index is -0.453. The third kappa shape index (κ3) is 7.85. The number of nitrogens with one attached hydrogen (secondary N) is 1. The average molecular weight is 666 g/mol. The Hall–Kier alpha value is -6.01. The molecule has 6 aromatic rings. The molecule has 18 nitrogen and oxygen atoms in total. The molecule has 0 spiro atoms. The second-order valence-electron chi connectivity index (χ2n) is 9.91. The summed E-state index contributed by atoms with van der Waals surface area (Å²) < 4.78 is 28.9. The molecular weight excluding hydrogens is 630 g/mol. The molecule has 254 valence electrons. The number of nitro groups is 2. The Morgan fingerprint density at radius 1 is 0.688 bits per heavy atom. The van der Waals surface area contributed by atoms with Crippen molar-refractivity contribution in [1.82, 2.24) is 29.8 Å². The Bertz CT molecular complexity index is 2020. The zero-order chi connectivity index (χ0) is 34.8. The van der Waals surface area contributed by atoms with Gasteiger partial charge >= 0.3 is 0 Å². The summed E-state index contributed by atoms with van der Waals surface area (Å²) in [4.78, 5) is 20.3. The van der Waals surface area contributed by atoms with Crippen LogP contribution in [0.5, 0.6) is 17.6 Å². The number of benzene rings is 3. The van der Waals surface area contributed by atoms with E-state index in [1.54, 1.807) is 38.1 Å². The van der Waals surface area contributed by atoms with Gasteiger partial charge in [0.15, 0.2) is 0 Å². The minimum absolute atomic E-state index is 0.0205. The molecule has 0 atom stereocenters. The number of anilines is 1. The summed E-state index contributed by atoms with van der Waals surface area (Å²) >= 11 is 0. The molecule has 0 fully saturated rings. The first-order valence-corrected chi connectivity index (χ1v) is 14.3. The van der Waals surface area contributed by atoms with Crippen molar-refractivity contribution < 1.29 is 33.5 Å². The third-order valence-corrected chi connectivity index (χ3v) is 6.97. The van der Waals surface area contributed by atoms with E-state index in [1.165, 1.54) is 38.5 Å². The summed E-state index contributed by atoms with van der Waals surface area (Å²) in [5.74, 6) is 1.34. The van der Waals surface area contributed by atoms with Gasteiger partial charge in [0.25, 0.3) is 11.4 Å². The van der Waals surface area contributed by atoms with E-state index in [0.717, 1.165) is 16.4 Å². The molecule has 0 bridgehead atoms. The van der Waals surface area contributed by atoms with Crippen molar-refractivity contribution in [3.8, 4) is 17.6 Å². The van der Waals surface area contributed by atoms with E-state index in [9.17, 15) is 20.2 Å². The van der Waals surface area contributed by atoms with Crippen LogP contribution in [0, 0.1) is 20.2 Å². The summed E-state index contributed by atoms with van der Waals surface area (Å²) in [6, 6.07) is 14.7. The molecule has 0 radical (unpaired) electrons. The molecule has 48 heavy (non-hydrogen) atoms. The van der Waals surface area contributed by atoms with Crippen molar-refractivity contribution in [3.63, 3.8) is 0 Å². The second kappa shape index (κ2) is 16.0. The Balaban J connectivity index is 0.000000164. The lowest BCUT2D eigenvalue weighted by Gasteiger charge is -2.01. The van der Waals surface area contributed by atoms with Crippen LogP contribution in [0.25, 0.3) is 32.7 Å². The largest absolute Gasteiger partial charge is 0.479 e. The van der Waals surface area contributed by atoms with Gasteiger partial charge in [0.2, 0.25) is 17.6 Å². The number of aromatic nitrogens is 6. The summed E-state index contributed by atoms with van der Waals surface area (Å²) in [6.07, 6.45) is 0. The highest BCUT2D eigenvalue weighted by atomic mass is 16.6. The lowest BCUT2D eigenvalue weighted by atomic mass is 10.2. The predicted octanol–water partition coefficient (Wildman–Crippen LogP) is 4.35. The smallest absolute Gasteiger partial charge is 0.270 e. The number of nitro benzene ring substituents is 2. The number of hydrogen-bond acceptors (Lipinski definition) is 13. The maximum Gasteiger partial charge on any atom is 0.270 e. The molecule has 0 aliphatic rings. The number of ether oxygens (including phenoxy) is 5. The summed E-state index contributed by atoms with van der Waals surface area (Å²) in [6.45, 7) is 2.38. The van der Waals surface area contributed by atoms with Gasteiger partial charge in [-0.15, -0.1) is 15.3 Å². The van der Waals surface area contributed by atoms with Crippen molar-refractivity contribution in [2.24, 2.45) is 0 Å². The molecule has 3 N–H and O–H groups in total. The number of hydrogen-bond donors (Lipinski definition) is 2. The van der Waals surface area contributed by atoms with Gasteiger partial charge in [-0.25, -0.2) is 0 Å². The number of nitrogen functional groups attached to an aromatic ring is 1. The fourth-order valence-corrected chi connectivity index (χ4v) is 4.66.